The Bertz CT molecular complexity index is 1070. The number of hydrogen-bond acceptors (Lipinski definition) is 7. The van der Waals surface area contributed by atoms with Crippen molar-refractivity contribution < 1.29 is 24.0 Å². The Hall–Kier alpha value is -3.31. The zero-order chi connectivity index (χ0) is 24.7. The molecule has 5 rings (SSSR count). The van der Waals surface area contributed by atoms with Gasteiger partial charge in [0.05, 0.1) is 17.7 Å². The molecule has 4 aliphatic rings. The third-order valence-electron chi connectivity index (χ3n) is 7.61. The fourth-order valence-corrected chi connectivity index (χ4v) is 5.59. The molecule has 4 aliphatic heterocycles. The molecule has 0 saturated carbocycles. The zero-order valence-corrected chi connectivity index (χ0v) is 19.6. The van der Waals surface area contributed by atoms with Gasteiger partial charge in [-0.15, -0.1) is 0 Å². The molecule has 0 bridgehead atoms. The maximum atomic E-state index is 13.0. The normalized spacial score (nSPS) is 23.1. The van der Waals surface area contributed by atoms with E-state index in [1.807, 2.05) is 6.07 Å². The minimum atomic E-state index is -0.766. The molecule has 0 unspecified atom stereocenters. The van der Waals surface area contributed by atoms with Crippen molar-refractivity contribution >= 4 is 29.7 Å². The summed E-state index contributed by atoms with van der Waals surface area (Å²) in [7, 11) is 0. The molecular weight excluding hydrogens is 452 g/mol. The van der Waals surface area contributed by atoms with E-state index in [4.69, 9.17) is 5.73 Å². The van der Waals surface area contributed by atoms with Gasteiger partial charge in [-0.25, -0.2) is 9.80 Å². The Morgan fingerprint density at radius 3 is 2.26 bits per heavy atom. The second-order valence-electron chi connectivity index (χ2n) is 9.75. The second kappa shape index (κ2) is 9.38. The van der Waals surface area contributed by atoms with Crippen LogP contribution in [-0.4, -0.2) is 88.2 Å². The van der Waals surface area contributed by atoms with Crippen LogP contribution in [0.25, 0.3) is 0 Å². The lowest BCUT2D eigenvalue weighted by atomic mass is 9.93. The minimum absolute atomic E-state index is 0.00320. The summed E-state index contributed by atoms with van der Waals surface area (Å²) >= 11 is 0. The number of fused-ring (bicyclic) bond motifs is 1. The molecule has 3 N–H and O–H groups in total. The van der Waals surface area contributed by atoms with E-state index in [9.17, 15) is 24.0 Å². The molecule has 4 heterocycles. The van der Waals surface area contributed by atoms with Gasteiger partial charge in [0.2, 0.25) is 11.8 Å². The van der Waals surface area contributed by atoms with Crippen LogP contribution in [0.2, 0.25) is 0 Å². The third kappa shape index (κ3) is 4.53. The van der Waals surface area contributed by atoms with Crippen molar-refractivity contribution in [2.24, 2.45) is 11.7 Å². The van der Waals surface area contributed by atoms with Crippen LogP contribution >= 0.6 is 0 Å². The molecule has 0 aromatic heterocycles. The van der Waals surface area contributed by atoms with Gasteiger partial charge < -0.3 is 10.6 Å². The predicted molar refractivity (Wildman–Crippen MR) is 124 cm³/mol. The quantitative estimate of drug-likeness (QED) is 0.576. The lowest BCUT2D eigenvalue weighted by molar-refractivity contribution is -0.124. The SMILES string of the molecule is NC(=O)C1CCN(C2CCN(Cc3ccc4c(c3)C(=O)N(N3CCC(=O)NC3=O)C4=O)CC2)CC1. The first-order chi connectivity index (χ1) is 16.8. The molecule has 11 heteroatoms. The van der Waals surface area contributed by atoms with E-state index in [0.717, 1.165) is 67.4 Å². The van der Waals surface area contributed by atoms with Crippen molar-refractivity contribution in [1.29, 1.82) is 0 Å². The summed E-state index contributed by atoms with van der Waals surface area (Å²) in [4.78, 5) is 65.7. The number of imide groups is 2. The van der Waals surface area contributed by atoms with Gasteiger partial charge in [-0.05, 0) is 69.6 Å². The first kappa shape index (κ1) is 23.4. The van der Waals surface area contributed by atoms with E-state index < -0.39 is 23.8 Å². The van der Waals surface area contributed by atoms with Crippen molar-refractivity contribution in [3.63, 3.8) is 0 Å². The summed E-state index contributed by atoms with van der Waals surface area (Å²) in [6.07, 6.45) is 3.79. The number of primary amides is 1. The number of nitrogens with zero attached hydrogens (tertiary/aromatic N) is 4. The van der Waals surface area contributed by atoms with Crippen molar-refractivity contribution in [1.82, 2.24) is 25.1 Å². The number of nitrogens with two attached hydrogens (primary N) is 1. The maximum absolute atomic E-state index is 13.0. The summed E-state index contributed by atoms with van der Waals surface area (Å²) in [5.74, 6) is -1.71. The molecule has 0 radical (unpaired) electrons. The highest BCUT2D eigenvalue weighted by Gasteiger charge is 2.43. The van der Waals surface area contributed by atoms with Crippen molar-refractivity contribution in [3.8, 4) is 0 Å². The van der Waals surface area contributed by atoms with Gasteiger partial charge in [0.1, 0.15) is 0 Å². The van der Waals surface area contributed by atoms with E-state index in [-0.39, 0.29) is 35.9 Å². The van der Waals surface area contributed by atoms with Crippen molar-refractivity contribution in [2.45, 2.75) is 44.7 Å². The monoisotopic (exact) mass is 482 g/mol. The van der Waals surface area contributed by atoms with Crippen LogP contribution in [-0.2, 0) is 16.1 Å². The van der Waals surface area contributed by atoms with Gasteiger partial charge in [0.25, 0.3) is 11.8 Å². The topological polar surface area (TPSA) is 136 Å². The number of urea groups is 1. The van der Waals surface area contributed by atoms with E-state index >= 15 is 0 Å². The van der Waals surface area contributed by atoms with Crippen LogP contribution < -0.4 is 11.1 Å². The number of benzene rings is 1. The van der Waals surface area contributed by atoms with Crippen molar-refractivity contribution in [3.05, 3.63) is 34.9 Å². The molecule has 0 aliphatic carbocycles. The average Bonchev–Trinajstić information content (AvgIpc) is 3.09. The van der Waals surface area contributed by atoms with Crippen LogP contribution in [0.4, 0.5) is 4.79 Å². The summed E-state index contributed by atoms with van der Waals surface area (Å²) in [6.45, 7) is 4.34. The zero-order valence-electron chi connectivity index (χ0n) is 19.6. The standard InChI is InChI=1S/C24H30N6O5/c25-21(32)16-3-10-28(11-4-16)17-5-8-27(9-6-17)14-15-1-2-18-19(13-15)23(34)30(22(18)33)29-12-7-20(31)26-24(29)35/h1-2,13,16-17H,3-12,14H2,(H2,25,32)(H,26,31,35). The largest absolute Gasteiger partial charge is 0.369 e. The van der Waals surface area contributed by atoms with Crippen LogP contribution in [0.1, 0.15) is 58.4 Å². The maximum Gasteiger partial charge on any atom is 0.343 e. The lowest BCUT2D eigenvalue weighted by Crippen LogP contribution is -2.58. The third-order valence-corrected chi connectivity index (χ3v) is 7.61. The lowest BCUT2D eigenvalue weighted by Gasteiger charge is -2.41. The summed E-state index contributed by atoms with van der Waals surface area (Å²) in [5, 5.41) is 3.98. The van der Waals surface area contributed by atoms with Crippen LogP contribution in [0, 0.1) is 5.92 Å². The Balaban J connectivity index is 1.18. The number of hydrazine groups is 1. The first-order valence-electron chi connectivity index (χ1n) is 12.2. The van der Waals surface area contributed by atoms with Crippen LogP contribution in [0.5, 0.6) is 0 Å². The summed E-state index contributed by atoms with van der Waals surface area (Å²) in [6, 6.07) is 4.98. The van der Waals surface area contributed by atoms with E-state index in [1.165, 1.54) is 0 Å². The molecule has 3 fully saturated rings. The molecule has 1 aromatic rings. The number of rotatable bonds is 5. The van der Waals surface area contributed by atoms with Crippen molar-refractivity contribution in [2.75, 3.05) is 32.7 Å². The minimum Gasteiger partial charge on any atom is -0.369 e. The number of carbonyl (C=O) groups excluding carboxylic acids is 5. The number of piperidine rings is 2. The molecule has 0 spiro atoms. The average molecular weight is 483 g/mol. The van der Waals surface area contributed by atoms with Gasteiger partial charge >= 0.3 is 6.03 Å². The number of hydrogen-bond donors (Lipinski definition) is 2. The molecule has 6 amide bonds. The first-order valence-corrected chi connectivity index (χ1v) is 12.2. The van der Waals surface area contributed by atoms with Gasteiger partial charge in [-0.3, -0.25) is 29.4 Å². The molecule has 186 valence electrons. The Labute approximate surface area is 203 Å². The highest BCUT2D eigenvalue weighted by Crippen LogP contribution is 2.28. The van der Waals surface area contributed by atoms with Crippen LogP contribution in [0.3, 0.4) is 0 Å². The smallest absolute Gasteiger partial charge is 0.343 e. The fourth-order valence-electron chi connectivity index (χ4n) is 5.59. The van der Waals surface area contributed by atoms with Gasteiger partial charge in [0.15, 0.2) is 0 Å². The Morgan fingerprint density at radius 1 is 0.914 bits per heavy atom. The van der Waals surface area contributed by atoms with E-state index in [1.54, 1.807) is 12.1 Å². The number of nitrogens with one attached hydrogen (secondary N) is 1. The van der Waals surface area contributed by atoms with Gasteiger partial charge in [-0.1, -0.05) is 6.07 Å². The fraction of sp³-hybridized carbons (Fsp3) is 0.542. The Kier molecular flexibility index (Phi) is 6.28. The Morgan fingerprint density at radius 2 is 1.60 bits per heavy atom. The van der Waals surface area contributed by atoms with Gasteiger partial charge in [-0.2, -0.15) is 5.01 Å². The molecule has 0 atom stereocenters. The van der Waals surface area contributed by atoms with Crippen LogP contribution in [0.15, 0.2) is 18.2 Å². The highest BCUT2D eigenvalue weighted by atomic mass is 16.2. The molecule has 3 saturated heterocycles. The summed E-state index contributed by atoms with van der Waals surface area (Å²) in [5.41, 5.74) is 6.93. The molecule has 35 heavy (non-hydrogen) atoms. The number of amides is 6. The van der Waals surface area contributed by atoms with E-state index in [0.29, 0.717) is 12.6 Å². The highest BCUT2D eigenvalue weighted by molar-refractivity contribution is 6.22. The molecule has 11 nitrogen and oxygen atoms in total. The summed E-state index contributed by atoms with van der Waals surface area (Å²) < 4.78 is 0. The number of likely N-dealkylation sites (tertiary alicyclic amines) is 2. The second-order valence-corrected chi connectivity index (χ2v) is 9.75. The van der Waals surface area contributed by atoms with E-state index in [2.05, 4.69) is 15.1 Å². The predicted octanol–water partition coefficient (Wildman–Crippen LogP) is 0.301. The number of carbonyl (C=O) groups is 5. The molecule has 1 aromatic carbocycles. The van der Waals surface area contributed by atoms with Gasteiger partial charge in [0, 0.05) is 24.9 Å². The molecular formula is C24H30N6O5.